The second kappa shape index (κ2) is 6.25. The van der Waals surface area contributed by atoms with Gasteiger partial charge in [0.25, 0.3) is 0 Å². The Morgan fingerprint density at radius 3 is 2.33 bits per heavy atom. The van der Waals surface area contributed by atoms with Crippen molar-refractivity contribution in [1.82, 2.24) is 4.90 Å². The van der Waals surface area contributed by atoms with Crippen molar-refractivity contribution in [2.75, 3.05) is 19.3 Å². The smallest absolute Gasteiger partial charge is 0.325 e. The summed E-state index contributed by atoms with van der Waals surface area (Å²) < 4.78 is 0. The molecule has 1 aromatic rings. The summed E-state index contributed by atoms with van der Waals surface area (Å²) >= 11 is 1.67. The minimum absolute atomic E-state index is 0.485. The molecule has 1 saturated heterocycles. The van der Waals surface area contributed by atoms with E-state index in [2.05, 4.69) is 4.90 Å². The Morgan fingerprint density at radius 2 is 1.83 bits per heavy atom. The van der Waals surface area contributed by atoms with Gasteiger partial charge < -0.3 is 5.11 Å². The summed E-state index contributed by atoms with van der Waals surface area (Å²) in [6.45, 7) is 1.78. The number of nitrogens with zero attached hydrogens (tertiary/aromatic N) is 1. The second-order valence-electron chi connectivity index (χ2n) is 4.61. The van der Waals surface area contributed by atoms with Gasteiger partial charge in [0.2, 0.25) is 0 Å². The number of likely N-dealkylation sites (tertiary alicyclic amines) is 1. The molecule has 0 bridgehead atoms. The van der Waals surface area contributed by atoms with Crippen LogP contribution in [0.15, 0.2) is 29.2 Å². The van der Waals surface area contributed by atoms with Crippen molar-refractivity contribution >= 4 is 17.7 Å². The highest BCUT2D eigenvalue weighted by Crippen LogP contribution is 2.26. The lowest BCUT2D eigenvalue weighted by Crippen LogP contribution is -2.37. The lowest BCUT2D eigenvalue weighted by atomic mass is 10.0. The topological polar surface area (TPSA) is 40.5 Å². The lowest BCUT2D eigenvalue weighted by Gasteiger charge is -2.32. The van der Waals surface area contributed by atoms with Crippen LogP contribution < -0.4 is 0 Å². The van der Waals surface area contributed by atoms with Gasteiger partial charge in [0.15, 0.2) is 0 Å². The number of carboxylic acids is 1. The molecule has 2 rings (SSSR count). The summed E-state index contributed by atoms with van der Waals surface area (Å²) in [4.78, 5) is 14.8. The quantitative estimate of drug-likeness (QED) is 0.850. The van der Waals surface area contributed by atoms with Crippen molar-refractivity contribution in [2.45, 2.75) is 30.2 Å². The normalized spacial score (nSPS) is 18.5. The third-order valence-electron chi connectivity index (χ3n) is 3.42. The van der Waals surface area contributed by atoms with Crippen LogP contribution in [0.3, 0.4) is 0 Å². The molecule has 3 nitrogen and oxygen atoms in total. The molecule has 1 fully saturated rings. The van der Waals surface area contributed by atoms with Crippen molar-refractivity contribution in [3.05, 3.63) is 29.8 Å². The maximum absolute atomic E-state index is 11.5. The van der Waals surface area contributed by atoms with Crippen LogP contribution in [0.2, 0.25) is 0 Å². The van der Waals surface area contributed by atoms with Gasteiger partial charge in [-0.1, -0.05) is 18.6 Å². The summed E-state index contributed by atoms with van der Waals surface area (Å²) in [5.74, 6) is -0.742. The molecule has 1 aromatic carbocycles. The van der Waals surface area contributed by atoms with Gasteiger partial charge in [-0.3, -0.25) is 9.69 Å². The van der Waals surface area contributed by atoms with Crippen LogP contribution in [0.25, 0.3) is 0 Å². The molecular formula is C14H19NO2S. The van der Waals surface area contributed by atoms with Crippen LogP contribution in [0.4, 0.5) is 0 Å². The fourth-order valence-corrected chi connectivity index (χ4v) is 2.88. The molecule has 4 heteroatoms. The predicted octanol–water partition coefficient (Wildman–Crippen LogP) is 3.02. The number of hydrogen-bond donors (Lipinski definition) is 1. The predicted molar refractivity (Wildman–Crippen MR) is 74.0 cm³/mol. The number of thioether (sulfide) groups is 1. The van der Waals surface area contributed by atoms with Crippen molar-refractivity contribution < 1.29 is 9.90 Å². The van der Waals surface area contributed by atoms with E-state index in [1.807, 2.05) is 30.5 Å². The molecule has 1 unspecified atom stereocenters. The highest BCUT2D eigenvalue weighted by molar-refractivity contribution is 7.98. The average Bonchev–Trinajstić information content (AvgIpc) is 2.40. The third-order valence-corrected chi connectivity index (χ3v) is 4.16. The maximum atomic E-state index is 11.5. The molecule has 98 valence electrons. The Bertz CT molecular complexity index is 399. The average molecular weight is 265 g/mol. The van der Waals surface area contributed by atoms with Crippen molar-refractivity contribution in [3.63, 3.8) is 0 Å². The molecule has 0 amide bonds. The minimum atomic E-state index is -0.742. The molecule has 1 atom stereocenters. The zero-order chi connectivity index (χ0) is 13.0. The van der Waals surface area contributed by atoms with E-state index < -0.39 is 12.0 Å². The summed E-state index contributed by atoms with van der Waals surface area (Å²) in [6, 6.07) is 7.40. The molecule has 18 heavy (non-hydrogen) atoms. The second-order valence-corrected chi connectivity index (χ2v) is 5.49. The van der Waals surface area contributed by atoms with Gasteiger partial charge in [0, 0.05) is 4.90 Å². The van der Waals surface area contributed by atoms with Crippen molar-refractivity contribution in [2.24, 2.45) is 0 Å². The van der Waals surface area contributed by atoms with E-state index in [4.69, 9.17) is 0 Å². The van der Waals surface area contributed by atoms with Gasteiger partial charge in [-0.2, -0.15) is 0 Å². The number of carboxylic acid groups (broad SMARTS) is 1. The first-order chi connectivity index (χ1) is 8.72. The first-order valence-corrected chi connectivity index (χ1v) is 7.55. The van der Waals surface area contributed by atoms with Gasteiger partial charge in [-0.25, -0.2) is 0 Å². The maximum Gasteiger partial charge on any atom is 0.325 e. The lowest BCUT2D eigenvalue weighted by molar-refractivity contribution is -0.144. The van der Waals surface area contributed by atoms with Crippen LogP contribution in [0.1, 0.15) is 30.9 Å². The molecule has 0 aromatic heterocycles. The van der Waals surface area contributed by atoms with Crippen LogP contribution in [0, 0.1) is 0 Å². The Morgan fingerprint density at radius 1 is 1.22 bits per heavy atom. The minimum Gasteiger partial charge on any atom is -0.480 e. The fourth-order valence-electron chi connectivity index (χ4n) is 2.47. The van der Waals surface area contributed by atoms with Crippen LogP contribution in [0.5, 0.6) is 0 Å². The van der Waals surface area contributed by atoms with Crippen molar-refractivity contribution in [3.8, 4) is 0 Å². The first kappa shape index (κ1) is 13.4. The number of benzene rings is 1. The Hall–Kier alpha value is -1.00. The molecule has 0 radical (unpaired) electrons. The monoisotopic (exact) mass is 265 g/mol. The molecule has 1 N–H and O–H groups in total. The van der Waals surface area contributed by atoms with Gasteiger partial charge >= 0.3 is 5.97 Å². The number of hydrogen-bond acceptors (Lipinski definition) is 3. The van der Waals surface area contributed by atoms with E-state index in [-0.39, 0.29) is 0 Å². The summed E-state index contributed by atoms with van der Waals surface area (Å²) in [5.41, 5.74) is 0.891. The van der Waals surface area contributed by atoms with Gasteiger partial charge in [0.05, 0.1) is 0 Å². The van der Waals surface area contributed by atoms with E-state index in [1.54, 1.807) is 11.8 Å². The van der Waals surface area contributed by atoms with E-state index >= 15 is 0 Å². The van der Waals surface area contributed by atoms with Crippen LogP contribution in [-0.2, 0) is 4.79 Å². The highest BCUT2D eigenvalue weighted by atomic mass is 32.2. The van der Waals surface area contributed by atoms with Crippen LogP contribution in [-0.4, -0.2) is 35.3 Å². The fraction of sp³-hybridized carbons (Fsp3) is 0.500. The molecule has 0 aliphatic carbocycles. The van der Waals surface area contributed by atoms with E-state index in [0.29, 0.717) is 0 Å². The molecule has 1 heterocycles. The Kier molecular flexibility index (Phi) is 4.66. The standard InChI is InChI=1S/C14H19NO2S/c1-18-12-7-5-11(6-8-12)13(14(16)17)15-9-3-2-4-10-15/h5-8,13H,2-4,9-10H2,1H3,(H,16,17). The first-order valence-electron chi connectivity index (χ1n) is 6.33. The van der Waals surface area contributed by atoms with Crippen LogP contribution >= 0.6 is 11.8 Å². The molecule has 1 aliphatic heterocycles. The summed E-state index contributed by atoms with van der Waals surface area (Å²) in [5, 5.41) is 9.46. The number of rotatable bonds is 4. The Labute approximate surface area is 112 Å². The zero-order valence-electron chi connectivity index (χ0n) is 10.6. The Balaban J connectivity index is 2.20. The van der Waals surface area contributed by atoms with E-state index in [0.717, 1.165) is 31.5 Å². The number of piperidine rings is 1. The zero-order valence-corrected chi connectivity index (χ0v) is 11.4. The van der Waals surface area contributed by atoms with Gasteiger partial charge in [0.1, 0.15) is 6.04 Å². The summed E-state index contributed by atoms with van der Waals surface area (Å²) in [7, 11) is 0. The van der Waals surface area contributed by atoms with E-state index in [9.17, 15) is 9.90 Å². The SMILES string of the molecule is CSc1ccc(C(C(=O)O)N2CCCCC2)cc1. The van der Waals surface area contributed by atoms with Gasteiger partial charge in [-0.15, -0.1) is 11.8 Å². The van der Waals surface area contributed by atoms with Crippen molar-refractivity contribution in [1.29, 1.82) is 0 Å². The largest absolute Gasteiger partial charge is 0.480 e. The van der Waals surface area contributed by atoms with E-state index in [1.165, 1.54) is 11.3 Å². The molecule has 0 spiro atoms. The molecule has 1 aliphatic rings. The molecule has 0 saturated carbocycles. The highest BCUT2D eigenvalue weighted by Gasteiger charge is 2.28. The number of aliphatic carboxylic acids is 1. The molecular weight excluding hydrogens is 246 g/mol. The number of carbonyl (C=O) groups is 1. The van der Waals surface area contributed by atoms with Gasteiger partial charge in [-0.05, 0) is 49.9 Å². The third kappa shape index (κ3) is 3.06. The summed E-state index contributed by atoms with van der Waals surface area (Å²) in [6.07, 6.45) is 5.45.